The molecule has 0 aliphatic rings. The van der Waals surface area contributed by atoms with Gasteiger partial charge in [-0.2, -0.15) is 0 Å². The predicted molar refractivity (Wildman–Crippen MR) is 310 cm³/mol. The number of unbranched alkanes of at least 4 members (excludes halogenated alkanes) is 42. The highest BCUT2D eigenvalue weighted by atomic mass is 16.4. The maximum atomic E-state index is 12.5. The molecule has 0 saturated carbocycles. The summed E-state index contributed by atoms with van der Waals surface area (Å²) in [6.45, 7) is 6.92. The average molecular weight is 1050 g/mol. The molecule has 0 heterocycles. The normalized spacial score (nSPS) is 14.0. The van der Waals surface area contributed by atoms with E-state index in [1.807, 2.05) is 0 Å². The summed E-state index contributed by atoms with van der Waals surface area (Å²) in [7, 11) is 0. The second kappa shape index (κ2) is 54.8. The standard InChI is InChI=1S/C33H64O5.C31H60O5/c1-3-5-7-9-10-11-12-13-14-15-16-17-18-19-20-21-22-24-26-28-31(36)33(38,29-34)32(37)30(35)27-25-23-8-6-4-2;1-3-5-7-9-10-11-12-13-14-15-16-17-18-19-20-22-24-26-29(34)31(36,27-32)30(35)28(33)25-23-21-8-6-4-2/h32,34,37-38H,3-29H2,1-2H3;30,32,35-36H,3-27H2,1-2H3. The second-order valence-electron chi connectivity index (χ2n) is 22.6. The second-order valence-corrected chi connectivity index (χ2v) is 22.6. The minimum atomic E-state index is -2.37. The number of hydrogen-bond acceptors (Lipinski definition) is 10. The zero-order valence-corrected chi connectivity index (χ0v) is 49.2. The Labute approximate surface area is 456 Å². The van der Waals surface area contributed by atoms with E-state index in [2.05, 4.69) is 27.7 Å². The first-order chi connectivity index (χ1) is 35.9. The summed E-state index contributed by atoms with van der Waals surface area (Å²) >= 11 is 0. The van der Waals surface area contributed by atoms with Gasteiger partial charge in [0.15, 0.2) is 46.5 Å². The van der Waals surface area contributed by atoms with Crippen molar-refractivity contribution in [1.29, 1.82) is 0 Å². The number of ketones is 4. The lowest BCUT2D eigenvalue weighted by atomic mass is 9.85. The van der Waals surface area contributed by atoms with E-state index in [-0.39, 0.29) is 25.7 Å². The quantitative estimate of drug-likeness (QED) is 0.0320. The molecule has 4 atom stereocenters. The fourth-order valence-electron chi connectivity index (χ4n) is 10.1. The minimum absolute atomic E-state index is 0.0799. The summed E-state index contributed by atoms with van der Waals surface area (Å²) in [5.74, 6) is -2.37. The van der Waals surface area contributed by atoms with Crippen LogP contribution in [0.15, 0.2) is 0 Å². The van der Waals surface area contributed by atoms with Crippen molar-refractivity contribution in [2.75, 3.05) is 13.2 Å². The van der Waals surface area contributed by atoms with Crippen LogP contribution in [0.25, 0.3) is 0 Å². The van der Waals surface area contributed by atoms with Gasteiger partial charge in [-0.15, -0.1) is 0 Å². The largest absolute Gasteiger partial charge is 0.393 e. The number of carbonyl (C=O) groups excluding carboxylic acids is 4. The third kappa shape index (κ3) is 41.5. The van der Waals surface area contributed by atoms with Crippen LogP contribution < -0.4 is 0 Å². The van der Waals surface area contributed by atoms with Crippen LogP contribution in [-0.2, 0) is 19.2 Å². The molecule has 0 bridgehead atoms. The Morgan fingerprint density at radius 1 is 0.270 bits per heavy atom. The Morgan fingerprint density at radius 2 is 0.419 bits per heavy atom. The summed E-state index contributed by atoms with van der Waals surface area (Å²) in [5, 5.41) is 60.8. The van der Waals surface area contributed by atoms with Crippen LogP contribution in [0.2, 0.25) is 0 Å². The fraction of sp³-hybridized carbons (Fsp3) is 0.938. The molecule has 0 aromatic heterocycles. The van der Waals surface area contributed by atoms with E-state index in [1.165, 1.54) is 180 Å². The van der Waals surface area contributed by atoms with E-state index in [9.17, 15) is 49.8 Å². The Balaban J connectivity index is 0. The van der Waals surface area contributed by atoms with Gasteiger partial charge in [-0.25, -0.2) is 0 Å². The van der Waals surface area contributed by atoms with Gasteiger partial charge >= 0.3 is 0 Å². The molecule has 0 rings (SSSR count). The molecular formula is C64H124O10. The first-order valence-electron chi connectivity index (χ1n) is 32.0. The first-order valence-corrected chi connectivity index (χ1v) is 32.0. The lowest BCUT2D eigenvalue weighted by Gasteiger charge is -2.29. The number of hydrogen-bond donors (Lipinski definition) is 6. The van der Waals surface area contributed by atoms with Crippen molar-refractivity contribution in [3.8, 4) is 0 Å². The van der Waals surface area contributed by atoms with Crippen molar-refractivity contribution < 1.29 is 49.8 Å². The lowest BCUT2D eigenvalue weighted by Crippen LogP contribution is -2.55. The van der Waals surface area contributed by atoms with Crippen LogP contribution >= 0.6 is 0 Å². The molecule has 440 valence electrons. The van der Waals surface area contributed by atoms with Gasteiger partial charge < -0.3 is 30.6 Å². The maximum Gasteiger partial charge on any atom is 0.178 e. The topological polar surface area (TPSA) is 190 Å². The molecule has 10 heteroatoms. The van der Waals surface area contributed by atoms with Gasteiger partial charge in [-0.05, 0) is 25.7 Å². The number of carbonyl (C=O) groups is 4. The first kappa shape index (κ1) is 74.5. The van der Waals surface area contributed by atoms with Crippen molar-refractivity contribution in [2.45, 2.75) is 372 Å². The molecule has 0 aromatic rings. The monoisotopic (exact) mass is 1050 g/mol. The van der Waals surface area contributed by atoms with Gasteiger partial charge in [0.05, 0.1) is 13.2 Å². The van der Waals surface area contributed by atoms with Gasteiger partial charge in [-0.1, -0.05) is 297 Å². The zero-order chi connectivity index (χ0) is 55.2. The SMILES string of the molecule is CCCCCCCCCCCCCCCCCCCC(=O)C(O)(CO)C(O)C(=O)CCCCCCC.CCCCCCCCCCCCCCCCCCCCCC(=O)C(O)(CO)C(O)C(=O)CCCCCCC. The minimum Gasteiger partial charge on any atom is -0.393 e. The van der Waals surface area contributed by atoms with E-state index >= 15 is 0 Å². The van der Waals surface area contributed by atoms with Crippen molar-refractivity contribution in [2.24, 2.45) is 0 Å². The molecule has 10 nitrogen and oxygen atoms in total. The molecule has 4 unspecified atom stereocenters. The van der Waals surface area contributed by atoms with Crippen molar-refractivity contribution in [3.05, 3.63) is 0 Å². The molecule has 6 N–H and O–H groups in total. The predicted octanol–water partition coefficient (Wildman–Crippen LogP) is 16.0. The summed E-state index contributed by atoms with van der Waals surface area (Å²) in [5.41, 5.74) is -4.73. The van der Waals surface area contributed by atoms with E-state index in [0.29, 0.717) is 25.7 Å². The van der Waals surface area contributed by atoms with E-state index in [1.54, 1.807) is 0 Å². The molecule has 0 spiro atoms. The number of rotatable bonds is 58. The Morgan fingerprint density at radius 3 is 0.581 bits per heavy atom. The summed E-state index contributed by atoms with van der Waals surface area (Å²) in [4.78, 5) is 49.5. The molecule has 0 saturated heterocycles. The van der Waals surface area contributed by atoms with Crippen LogP contribution in [0.5, 0.6) is 0 Å². The lowest BCUT2D eigenvalue weighted by molar-refractivity contribution is -0.165. The van der Waals surface area contributed by atoms with Gasteiger partial charge in [0.2, 0.25) is 0 Å². The average Bonchev–Trinajstić information content (AvgIpc) is 3.41. The molecule has 0 aliphatic carbocycles. The van der Waals surface area contributed by atoms with Crippen molar-refractivity contribution in [3.63, 3.8) is 0 Å². The van der Waals surface area contributed by atoms with Gasteiger partial charge in [0.25, 0.3) is 0 Å². The Kier molecular flexibility index (Phi) is 55.2. The Hall–Kier alpha value is -1.56. The highest BCUT2D eigenvalue weighted by Gasteiger charge is 2.46. The van der Waals surface area contributed by atoms with Crippen LogP contribution in [0.4, 0.5) is 0 Å². The Bertz CT molecular complexity index is 1260. The molecule has 0 amide bonds. The highest BCUT2D eigenvalue weighted by Crippen LogP contribution is 2.23. The summed E-state index contributed by atoms with van der Waals surface area (Å²) < 4.78 is 0. The van der Waals surface area contributed by atoms with Crippen LogP contribution in [0, 0.1) is 0 Å². The maximum absolute atomic E-state index is 12.5. The molecule has 0 aliphatic heterocycles. The molecular weight excluding hydrogens is 929 g/mol. The third-order valence-corrected chi connectivity index (χ3v) is 15.5. The van der Waals surface area contributed by atoms with Crippen LogP contribution in [0.3, 0.4) is 0 Å². The highest BCUT2D eigenvalue weighted by molar-refractivity contribution is 5.97. The van der Waals surface area contributed by atoms with E-state index in [4.69, 9.17) is 0 Å². The summed E-state index contributed by atoms with van der Waals surface area (Å²) in [6.07, 6.45) is 51.7. The zero-order valence-electron chi connectivity index (χ0n) is 49.2. The van der Waals surface area contributed by atoms with E-state index in [0.717, 1.165) is 89.9 Å². The smallest absolute Gasteiger partial charge is 0.178 e. The van der Waals surface area contributed by atoms with Crippen molar-refractivity contribution in [1.82, 2.24) is 0 Å². The van der Waals surface area contributed by atoms with E-state index < -0.39 is 59.8 Å². The summed E-state index contributed by atoms with van der Waals surface area (Å²) in [6, 6.07) is 0. The number of Topliss-reactive ketones (excluding diaryl/α,β-unsaturated/α-hetero) is 4. The third-order valence-electron chi connectivity index (χ3n) is 15.5. The van der Waals surface area contributed by atoms with Gasteiger partial charge in [0, 0.05) is 25.7 Å². The van der Waals surface area contributed by atoms with Gasteiger partial charge in [0.1, 0.15) is 0 Å². The van der Waals surface area contributed by atoms with Crippen molar-refractivity contribution >= 4 is 23.1 Å². The van der Waals surface area contributed by atoms with Gasteiger partial charge in [-0.3, -0.25) is 19.2 Å². The molecule has 74 heavy (non-hydrogen) atoms. The molecule has 0 aromatic carbocycles. The number of aliphatic hydroxyl groups excluding tert-OH is 4. The fourth-order valence-corrected chi connectivity index (χ4v) is 10.1. The number of aliphatic hydroxyl groups is 6. The molecule has 0 radical (unpaired) electrons. The van der Waals surface area contributed by atoms with Crippen LogP contribution in [-0.4, -0.2) is 90.4 Å². The van der Waals surface area contributed by atoms with Crippen LogP contribution in [0.1, 0.15) is 349 Å². The molecule has 0 fully saturated rings.